The van der Waals surface area contributed by atoms with Gasteiger partial charge in [-0.25, -0.2) is 15.0 Å². The smallest absolute Gasteiger partial charge is 0.177 e. The number of anilines is 1. The van der Waals surface area contributed by atoms with Crippen LogP contribution in [0.4, 0.5) is 5.82 Å². The molecule has 10 heteroatoms. The summed E-state index contributed by atoms with van der Waals surface area (Å²) in [4.78, 5) is 12.3. The molecular weight excluding hydrogens is 370 g/mol. The lowest BCUT2D eigenvalue weighted by Gasteiger charge is -2.22. The molecule has 0 amide bonds. The van der Waals surface area contributed by atoms with E-state index in [1.807, 2.05) is 18.2 Å². The predicted octanol–water partition coefficient (Wildman–Crippen LogP) is 0.682. The number of nitrogens with zero attached hydrogens (tertiary/aromatic N) is 4. The van der Waals surface area contributed by atoms with Crippen LogP contribution in [0.25, 0.3) is 11.2 Å². The molecule has 3 aromatic rings. The zero-order valence-electron chi connectivity index (χ0n) is 14.0. The Labute approximate surface area is 159 Å². The van der Waals surface area contributed by atoms with Gasteiger partial charge in [0.05, 0.1) is 19.0 Å². The normalized spacial score (nSPS) is 25.0. The van der Waals surface area contributed by atoms with Gasteiger partial charge in [0, 0.05) is 0 Å². The zero-order valence-corrected chi connectivity index (χ0v) is 14.9. The number of para-hydroxylation sites is 1. The van der Waals surface area contributed by atoms with E-state index in [1.165, 1.54) is 12.7 Å². The summed E-state index contributed by atoms with van der Waals surface area (Å²) in [5.74, 6) is 0.0459. The highest BCUT2D eigenvalue weighted by atomic mass is 32.1. The maximum atomic E-state index is 10.6. The molecule has 1 saturated heterocycles. The molecule has 1 aromatic carbocycles. The highest BCUT2D eigenvalue weighted by molar-refractivity contribution is 7.80. The lowest BCUT2D eigenvalue weighted by atomic mass is 10.0. The molecule has 4 atom stereocenters. The van der Waals surface area contributed by atoms with E-state index in [9.17, 15) is 10.2 Å². The van der Waals surface area contributed by atoms with E-state index in [0.29, 0.717) is 16.9 Å². The molecule has 0 aliphatic carbocycles. The molecule has 4 rings (SSSR count). The molecule has 140 valence electrons. The second-order valence-corrected chi connectivity index (χ2v) is 6.48. The number of hydrogen-bond acceptors (Lipinski definition) is 9. The van der Waals surface area contributed by atoms with Gasteiger partial charge in [-0.05, 0) is 24.4 Å². The fraction of sp³-hybridized carbons (Fsp3) is 0.294. The molecule has 0 bridgehead atoms. The van der Waals surface area contributed by atoms with Crippen molar-refractivity contribution >= 4 is 34.3 Å². The van der Waals surface area contributed by atoms with Crippen molar-refractivity contribution in [2.24, 2.45) is 5.92 Å². The fourth-order valence-corrected chi connectivity index (χ4v) is 3.47. The van der Waals surface area contributed by atoms with E-state index in [0.717, 1.165) is 0 Å². The first-order valence-electron chi connectivity index (χ1n) is 8.24. The average Bonchev–Trinajstić information content (AvgIpc) is 3.24. The Hall–Kier alpha value is -2.66. The largest absolute Gasteiger partial charge is 0.450 e. The van der Waals surface area contributed by atoms with Gasteiger partial charge in [0.2, 0.25) is 0 Å². The van der Waals surface area contributed by atoms with Crippen LogP contribution in [-0.2, 0) is 4.74 Å². The summed E-state index contributed by atoms with van der Waals surface area (Å²) in [5, 5.41) is 20.3. The first-order valence-corrected chi connectivity index (χ1v) is 8.65. The van der Waals surface area contributed by atoms with Gasteiger partial charge in [-0.15, -0.1) is 0 Å². The lowest BCUT2D eigenvalue weighted by Crippen LogP contribution is -2.35. The number of fused-ring (bicyclic) bond motifs is 1. The number of aromatic nitrogens is 4. The third-order valence-corrected chi connectivity index (χ3v) is 4.80. The summed E-state index contributed by atoms with van der Waals surface area (Å²) in [7, 11) is 0. The molecule has 1 aliphatic rings. The Kier molecular flexibility index (Phi) is 4.70. The molecule has 1 aliphatic heterocycles. The molecule has 1 fully saturated rings. The van der Waals surface area contributed by atoms with Crippen molar-refractivity contribution in [1.29, 1.82) is 0 Å². The third-order valence-electron chi connectivity index (χ3n) is 4.45. The zero-order chi connectivity index (χ0) is 19.0. The Bertz CT molecular complexity index is 966. The van der Waals surface area contributed by atoms with Crippen molar-refractivity contribution in [2.75, 3.05) is 12.3 Å². The van der Waals surface area contributed by atoms with Crippen LogP contribution in [0.3, 0.4) is 0 Å². The summed E-state index contributed by atoms with van der Waals surface area (Å²) in [5.41, 5.74) is 6.69. The Morgan fingerprint density at radius 1 is 1.26 bits per heavy atom. The molecule has 27 heavy (non-hydrogen) atoms. The van der Waals surface area contributed by atoms with E-state index >= 15 is 0 Å². The highest BCUT2D eigenvalue weighted by Gasteiger charge is 2.48. The van der Waals surface area contributed by atoms with E-state index in [2.05, 4.69) is 15.0 Å². The number of nitrogen functional groups attached to an aromatic ring is 1. The number of imidazole rings is 1. The molecule has 0 spiro atoms. The lowest BCUT2D eigenvalue weighted by molar-refractivity contribution is -0.0440. The maximum Gasteiger partial charge on any atom is 0.177 e. The van der Waals surface area contributed by atoms with Crippen LogP contribution in [-0.4, -0.2) is 53.6 Å². The van der Waals surface area contributed by atoms with E-state index < -0.39 is 24.4 Å². The van der Waals surface area contributed by atoms with E-state index in [4.69, 9.17) is 27.4 Å². The highest BCUT2D eigenvalue weighted by Crippen LogP contribution is 2.38. The number of nitrogens with two attached hydrogens (primary N) is 1. The van der Waals surface area contributed by atoms with Gasteiger partial charge in [0.15, 0.2) is 22.7 Å². The van der Waals surface area contributed by atoms with Gasteiger partial charge in [-0.3, -0.25) is 4.57 Å². The van der Waals surface area contributed by atoms with Crippen LogP contribution >= 0.6 is 12.2 Å². The van der Waals surface area contributed by atoms with Gasteiger partial charge >= 0.3 is 0 Å². The summed E-state index contributed by atoms with van der Waals surface area (Å²) in [6.45, 7) is -0.369. The van der Waals surface area contributed by atoms with Crippen LogP contribution in [0.15, 0.2) is 43.0 Å². The van der Waals surface area contributed by atoms with Gasteiger partial charge in [-0.2, -0.15) is 0 Å². The molecular formula is C17H17N5O4S. The first kappa shape index (κ1) is 17.7. The molecule has 2 aromatic heterocycles. The molecule has 0 radical (unpaired) electrons. The monoisotopic (exact) mass is 387 g/mol. The Morgan fingerprint density at radius 2 is 2.04 bits per heavy atom. The fourth-order valence-electron chi connectivity index (χ4n) is 3.12. The summed E-state index contributed by atoms with van der Waals surface area (Å²) in [6, 6.07) is 9.00. The Morgan fingerprint density at radius 3 is 2.78 bits per heavy atom. The summed E-state index contributed by atoms with van der Waals surface area (Å²) >= 11 is 5.44. The molecule has 4 N–H and O–H groups in total. The number of hydrogen-bond donors (Lipinski definition) is 3. The maximum absolute atomic E-state index is 10.6. The molecule has 3 heterocycles. The van der Waals surface area contributed by atoms with Crippen LogP contribution < -0.4 is 10.5 Å². The van der Waals surface area contributed by atoms with Gasteiger partial charge < -0.3 is 25.4 Å². The minimum absolute atomic E-state index is 0.138. The number of rotatable bonds is 4. The topological polar surface area (TPSA) is 129 Å². The van der Waals surface area contributed by atoms with Crippen molar-refractivity contribution < 1.29 is 19.7 Å². The second kappa shape index (κ2) is 7.16. The van der Waals surface area contributed by atoms with Crippen molar-refractivity contribution in [3.63, 3.8) is 0 Å². The van der Waals surface area contributed by atoms with E-state index in [1.54, 1.807) is 16.7 Å². The van der Waals surface area contributed by atoms with Crippen LogP contribution in [0.2, 0.25) is 0 Å². The van der Waals surface area contributed by atoms with E-state index in [-0.39, 0.29) is 17.5 Å². The molecule has 0 saturated carbocycles. The van der Waals surface area contributed by atoms with Gasteiger partial charge in [0.1, 0.15) is 29.6 Å². The van der Waals surface area contributed by atoms with Crippen molar-refractivity contribution in [3.05, 3.63) is 43.0 Å². The number of ether oxygens (including phenoxy) is 2. The molecule has 9 nitrogen and oxygen atoms in total. The van der Waals surface area contributed by atoms with Gasteiger partial charge in [-0.1, -0.05) is 18.2 Å². The van der Waals surface area contributed by atoms with Gasteiger partial charge in [0.25, 0.3) is 0 Å². The number of thiocarbonyl (C=S) groups is 1. The number of aliphatic hydroxyl groups is 2. The van der Waals surface area contributed by atoms with Crippen molar-refractivity contribution in [1.82, 2.24) is 19.5 Å². The predicted molar refractivity (Wildman–Crippen MR) is 99.9 cm³/mol. The van der Waals surface area contributed by atoms with Crippen molar-refractivity contribution in [2.45, 2.75) is 18.4 Å². The number of benzene rings is 1. The minimum atomic E-state index is -1.06. The quantitative estimate of drug-likeness (QED) is 0.554. The summed E-state index contributed by atoms with van der Waals surface area (Å²) < 4.78 is 13.2. The summed E-state index contributed by atoms with van der Waals surface area (Å²) in [6.07, 6.45) is 0.151. The number of aliphatic hydroxyl groups excluding tert-OH is 2. The van der Waals surface area contributed by atoms with Crippen LogP contribution in [0, 0.1) is 5.92 Å². The SMILES string of the molecule is Nc1ncnc2c1ncn2[C@@H]1O[C@H](CO)C(O)C1C(=S)Oc1ccccc1. The third kappa shape index (κ3) is 3.12. The average molecular weight is 387 g/mol. The molecule has 2 unspecified atom stereocenters. The van der Waals surface area contributed by atoms with Crippen molar-refractivity contribution in [3.8, 4) is 5.75 Å². The standard InChI is InChI=1S/C17H17N5O4S/c18-14-12-15(20-7-19-14)22(8-21-12)16-11(13(24)10(6-23)26-16)17(27)25-9-4-2-1-3-5-9/h1-5,7-8,10-11,13,16,23-24H,6H2,(H2,18,19,20)/t10-,11?,13?,16-/m1/s1. The second-order valence-electron chi connectivity index (χ2n) is 6.08. The minimum Gasteiger partial charge on any atom is -0.450 e. The first-order chi connectivity index (χ1) is 13.1. The van der Waals surface area contributed by atoms with Crippen LogP contribution in [0.5, 0.6) is 5.75 Å². The van der Waals surface area contributed by atoms with Crippen LogP contribution in [0.1, 0.15) is 6.23 Å². The Balaban J connectivity index is 1.70.